The Morgan fingerprint density at radius 1 is 1.00 bits per heavy atom. The number of rotatable bonds is 7. The molecule has 0 radical (unpaired) electrons. The Balaban J connectivity index is 1.67. The molecule has 0 aromatic heterocycles. The molecule has 2 aromatic carbocycles. The molecule has 0 spiro atoms. The second kappa shape index (κ2) is 8.07. The molecule has 0 aliphatic rings. The van der Waals surface area contributed by atoms with Gasteiger partial charge in [0.15, 0.2) is 0 Å². The number of ether oxygens (including phenoxy) is 1. The van der Waals surface area contributed by atoms with Gasteiger partial charge in [-0.2, -0.15) is 0 Å². The van der Waals surface area contributed by atoms with Crippen LogP contribution in [0.2, 0.25) is 0 Å². The Bertz CT molecular complexity index is 552. The first-order chi connectivity index (χ1) is 10.3. The number of methoxy groups -OCH3 is 1. The van der Waals surface area contributed by atoms with Crippen LogP contribution >= 0.6 is 0 Å². The molecule has 4 heteroatoms. The maximum atomic E-state index is 11.7. The molecule has 1 amide bonds. The second-order valence-corrected chi connectivity index (χ2v) is 4.65. The van der Waals surface area contributed by atoms with Crippen LogP contribution in [0.25, 0.3) is 0 Å². The van der Waals surface area contributed by atoms with Gasteiger partial charge in [0.2, 0.25) is 5.91 Å². The Hall–Kier alpha value is -2.33. The number of hydroxylamine groups is 1. The van der Waals surface area contributed by atoms with E-state index in [2.05, 4.69) is 5.48 Å². The van der Waals surface area contributed by atoms with Crippen molar-refractivity contribution in [3.63, 3.8) is 0 Å². The fourth-order valence-corrected chi connectivity index (χ4v) is 1.88. The van der Waals surface area contributed by atoms with Crippen LogP contribution in [0.5, 0.6) is 5.75 Å². The highest BCUT2D eigenvalue weighted by atomic mass is 16.6. The summed E-state index contributed by atoms with van der Waals surface area (Å²) in [6.45, 7) is 0.370. The Morgan fingerprint density at radius 3 is 2.38 bits per heavy atom. The molecule has 0 bridgehead atoms. The number of carbonyl (C=O) groups excluding carboxylic acids is 1. The second-order valence-electron chi connectivity index (χ2n) is 4.65. The van der Waals surface area contributed by atoms with E-state index in [9.17, 15) is 4.79 Å². The summed E-state index contributed by atoms with van der Waals surface area (Å²) in [7, 11) is 1.63. The zero-order valence-corrected chi connectivity index (χ0v) is 12.0. The van der Waals surface area contributed by atoms with Crippen LogP contribution in [0.4, 0.5) is 0 Å². The highest BCUT2D eigenvalue weighted by molar-refractivity contribution is 5.75. The molecule has 0 saturated heterocycles. The predicted molar refractivity (Wildman–Crippen MR) is 80.7 cm³/mol. The van der Waals surface area contributed by atoms with Crippen LogP contribution in [-0.4, -0.2) is 13.0 Å². The van der Waals surface area contributed by atoms with Crippen molar-refractivity contribution in [1.82, 2.24) is 5.48 Å². The van der Waals surface area contributed by atoms with Crippen molar-refractivity contribution >= 4 is 5.91 Å². The third-order valence-electron chi connectivity index (χ3n) is 3.07. The average Bonchev–Trinajstić information content (AvgIpc) is 2.54. The number of nitrogens with one attached hydrogen (secondary N) is 1. The van der Waals surface area contributed by atoms with Crippen LogP contribution < -0.4 is 10.2 Å². The zero-order valence-electron chi connectivity index (χ0n) is 12.0. The molecule has 0 aliphatic heterocycles. The molecule has 0 unspecified atom stereocenters. The van der Waals surface area contributed by atoms with E-state index in [0.29, 0.717) is 19.4 Å². The topological polar surface area (TPSA) is 47.6 Å². The maximum absolute atomic E-state index is 11.7. The summed E-state index contributed by atoms with van der Waals surface area (Å²) in [5.41, 5.74) is 4.57. The Labute approximate surface area is 124 Å². The van der Waals surface area contributed by atoms with Gasteiger partial charge in [0.1, 0.15) is 5.75 Å². The van der Waals surface area contributed by atoms with Crippen molar-refractivity contribution in [3.05, 3.63) is 65.7 Å². The Kier molecular flexibility index (Phi) is 5.79. The van der Waals surface area contributed by atoms with Crippen molar-refractivity contribution in [3.8, 4) is 5.75 Å². The number of hydrogen-bond donors (Lipinski definition) is 1. The lowest BCUT2D eigenvalue weighted by molar-refractivity contribution is -0.134. The van der Waals surface area contributed by atoms with Gasteiger partial charge in [-0.3, -0.25) is 9.63 Å². The van der Waals surface area contributed by atoms with Crippen LogP contribution in [-0.2, 0) is 22.7 Å². The van der Waals surface area contributed by atoms with Crippen molar-refractivity contribution in [2.45, 2.75) is 19.4 Å². The van der Waals surface area contributed by atoms with Crippen molar-refractivity contribution < 1.29 is 14.4 Å². The summed E-state index contributed by atoms with van der Waals surface area (Å²) in [4.78, 5) is 16.9. The van der Waals surface area contributed by atoms with Crippen LogP contribution in [0.3, 0.4) is 0 Å². The highest BCUT2D eigenvalue weighted by Crippen LogP contribution is 2.12. The molecular formula is C17H19NO3. The molecule has 110 valence electrons. The zero-order chi connectivity index (χ0) is 14.9. The van der Waals surface area contributed by atoms with E-state index < -0.39 is 0 Å². The monoisotopic (exact) mass is 285 g/mol. The number of amides is 1. The van der Waals surface area contributed by atoms with Crippen LogP contribution in [0.15, 0.2) is 54.6 Å². The quantitative estimate of drug-likeness (QED) is 0.796. The Morgan fingerprint density at radius 2 is 1.71 bits per heavy atom. The first kappa shape index (κ1) is 15.1. The SMILES string of the molecule is COc1ccc(CCC(=O)NOCc2ccccc2)cc1. The van der Waals surface area contributed by atoms with Gasteiger partial charge in [-0.05, 0) is 29.7 Å². The first-order valence-corrected chi connectivity index (χ1v) is 6.85. The largest absolute Gasteiger partial charge is 0.497 e. The molecule has 2 aromatic rings. The fourth-order valence-electron chi connectivity index (χ4n) is 1.88. The molecule has 4 nitrogen and oxygen atoms in total. The summed E-state index contributed by atoms with van der Waals surface area (Å²) in [6.07, 6.45) is 1.06. The minimum absolute atomic E-state index is 0.123. The fraction of sp³-hybridized carbons (Fsp3) is 0.235. The smallest absolute Gasteiger partial charge is 0.243 e. The van der Waals surface area contributed by atoms with Gasteiger partial charge in [0.05, 0.1) is 13.7 Å². The van der Waals surface area contributed by atoms with Gasteiger partial charge in [-0.15, -0.1) is 0 Å². The minimum atomic E-state index is -0.123. The highest BCUT2D eigenvalue weighted by Gasteiger charge is 2.03. The lowest BCUT2D eigenvalue weighted by Crippen LogP contribution is -2.23. The van der Waals surface area contributed by atoms with Gasteiger partial charge < -0.3 is 4.74 Å². The third kappa shape index (κ3) is 5.28. The molecule has 0 aliphatic carbocycles. The molecule has 21 heavy (non-hydrogen) atoms. The van der Waals surface area contributed by atoms with Crippen molar-refractivity contribution in [1.29, 1.82) is 0 Å². The number of carbonyl (C=O) groups is 1. The normalized spacial score (nSPS) is 10.1. The standard InChI is InChI=1S/C17H19NO3/c1-20-16-10-7-14(8-11-16)9-12-17(19)18-21-13-15-5-3-2-4-6-15/h2-8,10-11H,9,12-13H2,1H3,(H,18,19). The van der Waals surface area contributed by atoms with E-state index in [1.807, 2.05) is 54.6 Å². The summed E-state index contributed by atoms with van der Waals surface area (Å²) in [5.74, 6) is 0.691. The maximum Gasteiger partial charge on any atom is 0.243 e. The molecule has 0 heterocycles. The van der Waals surface area contributed by atoms with Crippen molar-refractivity contribution in [2.24, 2.45) is 0 Å². The first-order valence-electron chi connectivity index (χ1n) is 6.85. The molecule has 1 N–H and O–H groups in total. The van der Waals surface area contributed by atoms with E-state index in [4.69, 9.17) is 9.57 Å². The molecule has 0 fully saturated rings. The summed E-state index contributed by atoms with van der Waals surface area (Å²) >= 11 is 0. The van der Waals surface area contributed by atoms with Gasteiger partial charge >= 0.3 is 0 Å². The number of aryl methyl sites for hydroxylation is 1. The lowest BCUT2D eigenvalue weighted by Gasteiger charge is -2.06. The lowest BCUT2D eigenvalue weighted by atomic mass is 10.1. The summed E-state index contributed by atoms with van der Waals surface area (Å²) in [5, 5.41) is 0. The van der Waals surface area contributed by atoms with E-state index in [0.717, 1.165) is 16.9 Å². The molecular weight excluding hydrogens is 266 g/mol. The third-order valence-corrected chi connectivity index (χ3v) is 3.07. The van der Waals surface area contributed by atoms with E-state index in [-0.39, 0.29) is 5.91 Å². The van der Waals surface area contributed by atoms with Gasteiger partial charge in [-0.25, -0.2) is 5.48 Å². The molecule has 2 rings (SSSR count). The average molecular weight is 285 g/mol. The van der Waals surface area contributed by atoms with Crippen LogP contribution in [0.1, 0.15) is 17.5 Å². The van der Waals surface area contributed by atoms with Gasteiger partial charge in [0.25, 0.3) is 0 Å². The minimum Gasteiger partial charge on any atom is -0.497 e. The summed E-state index contributed by atoms with van der Waals surface area (Å²) in [6, 6.07) is 17.4. The summed E-state index contributed by atoms with van der Waals surface area (Å²) < 4.78 is 5.09. The molecule has 0 saturated carbocycles. The van der Waals surface area contributed by atoms with Crippen molar-refractivity contribution in [2.75, 3.05) is 7.11 Å². The van der Waals surface area contributed by atoms with Gasteiger partial charge in [-0.1, -0.05) is 42.5 Å². The predicted octanol–water partition coefficient (Wildman–Crippen LogP) is 2.88. The number of benzene rings is 2. The molecule has 0 atom stereocenters. The number of hydrogen-bond acceptors (Lipinski definition) is 3. The van der Waals surface area contributed by atoms with E-state index >= 15 is 0 Å². The van der Waals surface area contributed by atoms with E-state index in [1.165, 1.54) is 0 Å². The van der Waals surface area contributed by atoms with Crippen LogP contribution in [0, 0.1) is 0 Å². The van der Waals surface area contributed by atoms with E-state index in [1.54, 1.807) is 7.11 Å². The van der Waals surface area contributed by atoms with Gasteiger partial charge in [0, 0.05) is 6.42 Å².